The van der Waals surface area contributed by atoms with Gasteiger partial charge >= 0.3 is 12.2 Å². The second kappa shape index (κ2) is 8.22. The maximum absolute atomic E-state index is 13.7. The minimum Gasteiger partial charge on any atom is -0.495 e. The number of halogens is 3. The topological polar surface area (TPSA) is 70.7 Å². The van der Waals surface area contributed by atoms with Gasteiger partial charge in [0.05, 0.1) is 30.0 Å². The minimum atomic E-state index is -4.65. The molecule has 2 N–H and O–H groups in total. The molecule has 0 bridgehead atoms. The lowest BCUT2D eigenvalue weighted by atomic mass is 9.90. The number of ether oxygens (including phenoxy) is 1. The normalized spacial score (nSPS) is 19.0. The van der Waals surface area contributed by atoms with Gasteiger partial charge in [-0.15, -0.1) is 0 Å². The van der Waals surface area contributed by atoms with Crippen molar-refractivity contribution in [3.05, 3.63) is 70.9 Å². The Morgan fingerprint density at radius 3 is 2.44 bits per heavy atom. The Morgan fingerprint density at radius 1 is 1.12 bits per heavy atom. The van der Waals surface area contributed by atoms with E-state index in [1.165, 1.54) is 30.2 Å². The summed E-state index contributed by atoms with van der Waals surface area (Å²) in [6.45, 7) is 1.59. The highest BCUT2D eigenvalue weighted by Crippen LogP contribution is 2.42. The number of urea groups is 1. The van der Waals surface area contributed by atoms with Gasteiger partial charge in [0, 0.05) is 11.7 Å². The molecule has 0 unspecified atom stereocenters. The minimum absolute atomic E-state index is 0.0547. The van der Waals surface area contributed by atoms with Crippen LogP contribution in [-0.4, -0.2) is 30.0 Å². The molecule has 168 valence electrons. The van der Waals surface area contributed by atoms with Crippen molar-refractivity contribution in [1.29, 1.82) is 0 Å². The lowest BCUT2D eigenvalue weighted by Gasteiger charge is -2.36. The summed E-state index contributed by atoms with van der Waals surface area (Å²) in [5.74, 6) is -0.204. The fraction of sp³-hybridized carbons (Fsp3) is 0.304. The maximum Gasteiger partial charge on any atom is 0.416 e. The van der Waals surface area contributed by atoms with Gasteiger partial charge in [0.15, 0.2) is 0 Å². The number of hydrogen-bond acceptors (Lipinski definition) is 3. The van der Waals surface area contributed by atoms with E-state index in [2.05, 4.69) is 10.6 Å². The van der Waals surface area contributed by atoms with E-state index in [0.717, 1.165) is 18.9 Å². The van der Waals surface area contributed by atoms with Crippen LogP contribution in [0.25, 0.3) is 0 Å². The number of hydrogen-bond donors (Lipinski definition) is 2. The van der Waals surface area contributed by atoms with Crippen LogP contribution >= 0.6 is 0 Å². The molecule has 6 nitrogen and oxygen atoms in total. The summed E-state index contributed by atoms with van der Waals surface area (Å²) >= 11 is 0. The number of anilines is 1. The van der Waals surface area contributed by atoms with Crippen LogP contribution in [0.4, 0.5) is 23.7 Å². The van der Waals surface area contributed by atoms with Crippen LogP contribution in [0.3, 0.4) is 0 Å². The van der Waals surface area contributed by atoms with E-state index < -0.39 is 29.7 Å². The predicted molar refractivity (Wildman–Crippen MR) is 112 cm³/mol. The van der Waals surface area contributed by atoms with Crippen LogP contribution in [0.2, 0.25) is 0 Å². The molecule has 9 heteroatoms. The Labute approximate surface area is 183 Å². The smallest absolute Gasteiger partial charge is 0.416 e. The fourth-order valence-corrected chi connectivity index (χ4v) is 4.00. The zero-order valence-electron chi connectivity index (χ0n) is 17.5. The second-order valence-corrected chi connectivity index (χ2v) is 7.72. The predicted octanol–water partition coefficient (Wildman–Crippen LogP) is 4.86. The number of methoxy groups -OCH3 is 1. The van der Waals surface area contributed by atoms with E-state index in [-0.39, 0.29) is 17.2 Å². The Bertz CT molecular complexity index is 1090. The van der Waals surface area contributed by atoms with Crippen LogP contribution in [0.1, 0.15) is 36.9 Å². The molecule has 0 saturated heterocycles. The molecule has 1 saturated carbocycles. The van der Waals surface area contributed by atoms with Gasteiger partial charge in [-0.25, -0.2) is 4.79 Å². The largest absolute Gasteiger partial charge is 0.495 e. The van der Waals surface area contributed by atoms with Crippen molar-refractivity contribution < 1.29 is 27.5 Å². The molecule has 2 aromatic rings. The van der Waals surface area contributed by atoms with Gasteiger partial charge in [-0.1, -0.05) is 30.3 Å². The van der Waals surface area contributed by atoms with Crippen molar-refractivity contribution >= 4 is 17.6 Å². The molecular weight excluding hydrogens is 423 g/mol. The summed E-state index contributed by atoms with van der Waals surface area (Å²) in [6, 6.07) is 9.84. The molecule has 32 heavy (non-hydrogen) atoms. The molecule has 1 aliphatic heterocycles. The van der Waals surface area contributed by atoms with Crippen LogP contribution in [0.15, 0.2) is 59.8 Å². The first-order valence-corrected chi connectivity index (χ1v) is 10.1. The number of benzene rings is 2. The Hall–Kier alpha value is -3.49. The zero-order chi connectivity index (χ0) is 23.0. The number of rotatable bonds is 5. The highest BCUT2D eigenvalue weighted by atomic mass is 19.4. The molecule has 1 heterocycles. The van der Waals surface area contributed by atoms with Crippen LogP contribution in [0.5, 0.6) is 5.75 Å². The summed E-state index contributed by atoms with van der Waals surface area (Å²) in [4.78, 5) is 27.7. The fourth-order valence-electron chi connectivity index (χ4n) is 4.00. The summed E-state index contributed by atoms with van der Waals surface area (Å²) in [5.41, 5.74) is -0.323. The number of amides is 3. The molecule has 1 atom stereocenters. The van der Waals surface area contributed by atoms with Crippen molar-refractivity contribution in [3.8, 4) is 5.75 Å². The molecule has 1 aliphatic carbocycles. The number of nitrogens with zero attached hydrogens (tertiary/aromatic N) is 1. The molecule has 0 aromatic heterocycles. The van der Waals surface area contributed by atoms with E-state index in [1.807, 2.05) is 0 Å². The summed E-state index contributed by atoms with van der Waals surface area (Å²) in [5, 5.41) is 5.36. The SMILES string of the molecule is COc1ccccc1NC(=O)C1=C(C)N(C2CC2)C(=O)N[C@@H]1c1ccccc1C(F)(F)F. The van der Waals surface area contributed by atoms with Gasteiger partial charge in [-0.2, -0.15) is 13.2 Å². The van der Waals surface area contributed by atoms with Crippen LogP contribution in [0, 0.1) is 0 Å². The van der Waals surface area contributed by atoms with E-state index in [1.54, 1.807) is 31.2 Å². The van der Waals surface area contributed by atoms with Crippen molar-refractivity contribution in [2.45, 2.75) is 38.0 Å². The van der Waals surface area contributed by atoms with Gasteiger partial charge in [0.2, 0.25) is 0 Å². The number of alkyl halides is 3. The maximum atomic E-state index is 13.7. The molecule has 2 aromatic carbocycles. The first-order chi connectivity index (χ1) is 15.2. The molecule has 4 rings (SSSR count). The Kier molecular flexibility index (Phi) is 5.58. The third-order valence-electron chi connectivity index (χ3n) is 5.62. The zero-order valence-corrected chi connectivity index (χ0v) is 17.5. The molecular formula is C23H22F3N3O3. The van der Waals surface area contributed by atoms with Crippen molar-refractivity contribution in [2.75, 3.05) is 12.4 Å². The van der Waals surface area contributed by atoms with Gasteiger partial charge in [-0.3, -0.25) is 9.69 Å². The average Bonchev–Trinajstić information content (AvgIpc) is 3.58. The van der Waals surface area contributed by atoms with Gasteiger partial charge in [-0.05, 0) is 43.5 Å². The average molecular weight is 445 g/mol. The Morgan fingerprint density at radius 2 is 1.78 bits per heavy atom. The number of para-hydroxylation sites is 2. The van der Waals surface area contributed by atoms with Gasteiger partial charge in [0.1, 0.15) is 5.75 Å². The quantitative estimate of drug-likeness (QED) is 0.691. The van der Waals surface area contributed by atoms with E-state index in [0.29, 0.717) is 17.1 Å². The number of nitrogens with one attached hydrogen (secondary N) is 2. The highest BCUT2D eigenvalue weighted by Gasteiger charge is 2.44. The number of carbonyl (C=O) groups is 2. The van der Waals surface area contributed by atoms with Crippen molar-refractivity contribution in [3.63, 3.8) is 0 Å². The van der Waals surface area contributed by atoms with E-state index in [9.17, 15) is 22.8 Å². The molecule has 0 radical (unpaired) electrons. The summed E-state index contributed by atoms with van der Waals surface area (Å²) in [7, 11) is 1.45. The van der Waals surface area contributed by atoms with Crippen molar-refractivity contribution in [1.82, 2.24) is 10.2 Å². The van der Waals surface area contributed by atoms with Crippen molar-refractivity contribution in [2.24, 2.45) is 0 Å². The number of allylic oxidation sites excluding steroid dienone is 1. The van der Waals surface area contributed by atoms with E-state index >= 15 is 0 Å². The van der Waals surface area contributed by atoms with Gasteiger partial charge in [0.25, 0.3) is 5.91 Å². The summed E-state index contributed by atoms with van der Waals surface area (Å²) in [6.07, 6.45) is -3.10. The monoisotopic (exact) mass is 445 g/mol. The Balaban J connectivity index is 1.81. The third-order valence-corrected chi connectivity index (χ3v) is 5.62. The van der Waals surface area contributed by atoms with E-state index in [4.69, 9.17) is 4.74 Å². The molecule has 2 aliphatic rings. The number of carbonyl (C=O) groups excluding carboxylic acids is 2. The standard InChI is InChI=1S/C23H22F3N3O3/c1-13-19(21(30)27-17-9-5-6-10-18(17)32-2)20(28-22(31)29(13)14-11-12-14)15-7-3-4-8-16(15)23(24,25)26/h3-10,14,20H,11-12H2,1-2H3,(H,27,30)(H,28,31)/t20-/m1/s1. The molecule has 1 fully saturated rings. The second-order valence-electron chi connectivity index (χ2n) is 7.72. The molecule has 3 amide bonds. The van der Waals surface area contributed by atoms with Gasteiger partial charge < -0.3 is 15.4 Å². The lowest BCUT2D eigenvalue weighted by molar-refractivity contribution is -0.138. The summed E-state index contributed by atoms with van der Waals surface area (Å²) < 4.78 is 46.5. The highest BCUT2D eigenvalue weighted by molar-refractivity contribution is 6.07. The lowest BCUT2D eigenvalue weighted by Crippen LogP contribution is -2.49. The third kappa shape index (κ3) is 4.02. The van der Waals surface area contributed by atoms with Crippen LogP contribution in [-0.2, 0) is 11.0 Å². The molecule has 0 spiro atoms. The van der Waals surface area contributed by atoms with Crippen LogP contribution < -0.4 is 15.4 Å². The first kappa shape index (κ1) is 21.7. The first-order valence-electron chi connectivity index (χ1n) is 10.1.